The maximum atomic E-state index is 6.38. The summed E-state index contributed by atoms with van der Waals surface area (Å²) in [5, 5.41) is -0.0885. The van der Waals surface area contributed by atoms with Crippen molar-refractivity contribution in [3.05, 3.63) is 23.7 Å². The Morgan fingerprint density at radius 1 is 1.33 bits per heavy atom. The summed E-state index contributed by atoms with van der Waals surface area (Å²) in [4.78, 5) is 9.39. The maximum absolute atomic E-state index is 6.38. The second-order valence-electron chi connectivity index (χ2n) is 7.21. The molecule has 1 saturated carbocycles. The number of halogens is 1. The van der Waals surface area contributed by atoms with E-state index in [1.165, 1.54) is 25.7 Å². The Hall–Kier alpha value is -1.09. The van der Waals surface area contributed by atoms with Crippen LogP contribution in [0.25, 0.3) is 11.2 Å². The average Bonchev–Trinajstić information content (AvgIpc) is 2.77. The van der Waals surface area contributed by atoms with E-state index in [4.69, 9.17) is 16.6 Å². The highest BCUT2D eigenvalue weighted by atomic mass is 35.5. The van der Waals surface area contributed by atoms with E-state index >= 15 is 0 Å². The Bertz CT molecular complexity index is 647. The van der Waals surface area contributed by atoms with Crippen LogP contribution < -0.4 is 0 Å². The van der Waals surface area contributed by atoms with Crippen LogP contribution in [0, 0.1) is 12.3 Å². The number of aromatic nitrogens is 3. The lowest BCUT2D eigenvalue weighted by molar-refractivity contribution is 0.193. The monoisotopic (exact) mass is 305 g/mol. The highest BCUT2D eigenvalue weighted by Crippen LogP contribution is 2.42. The number of nitrogens with zero attached hydrogens (tertiary/aromatic N) is 3. The average molecular weight is 306 g/mol. The van der Waals surface area contributed by atoms with Crippen LogP contribution in [0.2, 0.25) is 0 Å². The van der Waals surface area contributed by atoms with Crippen molar-refractivity contribution in [3.63, 3.8) is 0 Å². The van der Waals surface area contributed by atoms with Gasteiger partial charge in [0.15, 0.2) is 5.65 Å². The Kier molecular flexibility index (Phi) is 3.73. The molecule has 1 atom stereocenters. The van der Waals surface area contributed by atoms with Gasteiger partial charge in [0.05, 0.1) is 5.38 Å². The fraction of sp³-hybridized carbons (Fsp3) is 0.647. The minimum absolute atomic E-state index is 0.0885. The fourth-order valence-corrected chi connectivity index (χ4v) is 3.54. The predicted octanol–water partition coefficient (Wildman–Crippen LogP) is 5.18. The van der Waals surface area contributed by atoms with Crippen LogP contribution in [0.15, 0.2) is 12.3 Å². The number of hydrogen-bond donors (Lipinski definition) is 0. The predicted molar refractivity (Wildman–Crippen MR) is 87.8 cm³/mol. The first-order chi connectivity index (χ1) is 9.87. The number of rotatable bonds is 2. The molecule has 0 aromatic carbocycles. The van der Waals surface area contributed by atoms with Crippen LogP contribution in [0.5, 0.6) is 0 Å². The standard InChI is InChI=1S/C17H24ClN3/c1-11-9-14-16(19-10-11)21(15(20-14)12(2)18)13-5-7-17(3,4)8-6-13/h9-10,12-13H,5-8H2,1-4H3. The van der Waals surface area contributed by atoms with E-state index in [9.17, 15) is 0 Å². The molecule has 21 heavy (non-hydrogen) atoms. The molecule has 114 valence electrons. The summed E-state index contributed by atoms with van der Waals surface area (Å²) in [7, 11) is 0. The van der Waals surface area contributed by atoms with Gasteiger partial charge < -0.3 is 4.57 Å². The molecule has 2 aromatic heterocycles. The maximum Gasteiger partial charge on any atom is 0.160 e. The zero-order valence-corrected chi connectivity index (χ0v) is 14.1. The normalized spacial score (nSPS) is 20.8. The van der Waals surface area contributed by atoms with Crippen LogP contribution in [0.4, 0.5) is 0 Å². The van der Waals surface area contributed by atoms with E-state index in [1.807, 2.05) is 13.1 Å². The summed E-state index contributed by atoms with van der Waals surface area (Å²) >= 11 is 6.38. The van der Waals surface area contributed by atoms with Crippen LogP contribution in [0.3, 0.4) is 0 Å². The zero-order valence-electron chi connectivity index (χ0n) is 13.4. The molecule has 1 aliphatic carbocycles. The molecular weight excluding hydrogens is 282 g/mol. The number of alkyl halides is 1. The highest BCUT2D eigenvalue weighted by Gasteiger charge is 2.30. The molecule has 1 aliphatic rings. The molecule has 3 nitrogen and oxygen atoms in total. The number of aryl methyl sites for hydroxylation is 1. The van der Waals surface area contributed by atoms with Gasteiger partial charge >= 0.3 is 0 Å². The van der Waals surface area contributed by atoms with E-state index in [0.29, 0.717) is 11.5 Å². The molecule has 0 bridgehead atoms. The fourth-order valence-electron chi connectivity index (χ4n) is 3.38. The second kappa shape index (κ2) is 5.28. The minimum atomic E-state index is -0.0885. The summed E-state index contributed by atoms with van der Waals surface area (Å²) in [5.74, 6) is 0.967. The van der Waals surface area contributed by atoms with Gasteiger partial charge in [-0.3, -0.25) is 0 Å². The van der Waals surface area contributed by atoms with E-state index < -0.39 is 0 Å². The molecule has 4 heteroatoms. The first-order valence-corrected chi connectivity index (χ1v) is 8.29. The number of hydrogen-bond acceptors (Lipinski definition) is 2. The van der Waals surface area contributed by atoms with Crippen LogP contribution >= 0.6 is 11.6 Å². The van der Waals surface area contributed by atoms with Gasteiger partial charge in [-0.05, 0) is 56.6 Å². The van der Waals surface area contributed by atoms with E-state index in [-0.39, 0.29) is 5.38 Å². The van der Waals surface area contributed by atoms with Crippen LogP contribution in [-0.4, -0.2) is 14.5 Å². The van der Waals surface area contributed by atoms with Gasteiger partial charge in [-0.1, -0.05) is 13.8 Å². The summed E-state index contributed by atoms with van der Waals surface area (Å²) in [6.07, 6.45) is 6.80. The molecule has 1 fully saturated rings. The smallest absolute Gasteiger partial charge is 0.160 e. The molecule has 1 unspecified atom stereocenters. The molecule has 2 aromatic rings. The Morgan fingerprint density at radius 2 is 2.00 bits per heavy atom. The summed E-state index contributed by atoms with van der Waals surface area (Å²) in [6, 6.07) is 2.59. The van der Waals surface area contributed by atoms with Crippen molar-refractivity contribution in [1.29, 1.82) is 0 Å². The number of pyridine rings is 1. The van der Waals surface area contributed by atoms with Crippen LogP contribution in [0.1, 0.15) is 69.3 Å². The van der Waals surface area contributed by atoms with Crippen molar-refractivity contribution >= 4 is 22.8 Å². The zero-order chi connectivity index (χ0) is 15.2. The van der Waals surface area contributed by atoms with Crippen molar-refractivity contribution in [3.8, 4) is 0 Å². The van der Waals surface area contributed by atoms with Crippen molar-refractivity contribution in [2.75, 3.05) is 0 Å². The molecule has 0 radical (unpaired) electrons. The third-order valence-electron chi connectivity index (χ3n) is 4.72. The van der Waals surface area contributed by atoms with Gasteiger partial charge in [0, 0.05) is 12.2 Å². The van der Waals surface area contributed by atoms with E-state index in [1.54, 1.807) is 0 Å². The van der Waals surface area contributed by atoms with Gasteiger partial charge in [0.25, 0.3) is 0 Å². The molecule has 3 rings (SSSR count). The molecule has 2 heterocycles. The first kappa shape index (κ1) is 14.8. The quantitative estimate of drug-likeness (QED) is 0.716. The molecule has 0 aliphatic heterocycles. The summed E-state index contributed by atoms with van der Waals surface area (Å²) in [6.45, 7) is 8.78. The van der Waals surface area contributed by atoms with Crippen molar-refractivity contribution in [2.24, 2.45) is 5.41 Å². The topological polar surface area (TPSA) is 30.7 Å². The Labute approximate surface area is 131 Å². The van der Waals surface area contributed by atoms with Gasteiger partial charge in [0.1, 0.15) is 11.3 Å². The number of imidazole rings is 1. The third kappa shape index (κ3) is 2.80. The molecule has 0 saturated heterocycles. The van der Waals surface area contributed by atoms with Crippen molar-refractivity contribution < 1.29 is 0 Å². The minimum Gasteiger partial charge on any atom is -0.308 e. The molecular formula is C17H24ClN3. The lowest BCUT2D eigenvalue weighted by Crippen LogP contribution is -2.24. The SMILES string of the molecule is Cc1cnc2c(c1)nc(C(C)Cl)n2C1CCC(C)(C)CC1. The lowest BCUT2D eigenvalue weighted by atomic mass is 9.75. The van der Waals surface area contributed by atoms with Crippen molar-refractivity contribution in [2.45, 2.75) is 64.8 Å². The molecule has 0 spiro atoms. The molecule has 0 amide bonds. The lowest BCUT2D eigenvalue weighted by Gasteiger charge is -2.35. The van der Waals surface area contributed by atoms with Gasteiger partial charge in [-0.15, -0.1) is 11.6 Å². The first-order valence-electron chi connectivity index (χ1n) is 7.86. The largest absolute Gasteiger partial charge is 0.308 e. The van der Waals surface area contributed by atoms with Gasteiger partial charge in [-0.2, -0.15) is 0 Å². The van der Waals surface area contributed by atoms with Gasteiger partial charge in [-0.25, -0.2) is 9.97 Å². The highest BCUT2D eigenvalue weighted by molar-refractivity contribution is 6.20. The summed E-state index contributed by atoms with van der Waals surface area (Å²) in [5.41, 5.74) is 3.57. The number of fused-ring (bicyclic) bond motifs is 1. The van der Waals surface area contributed by atoms with Crippen LogP contribution in [-0.2, 0) is 0 Å². The van der Waals surface area contributed by atoms with Crippen molar-refractivity contribution in [1.82, 2.24) is 14.5 Å². The summed E-state index contributed by atoms with van der Waals surface area (Å²) < 4.78 is 2.31. The van der Waals surface area contributed by atoms with E-state index in [0.717, 1.165) is 22.6 Å². The third-order valence-corrected chi connectivity index (χ3v) is 4.92. The second-order valence-corrected chi connectivity index (χ2v) is 7.86. The Balaban J connectivity index is 2.06. The Morgan fingerprint density at radius 3 is 2.62 bits per heavy atom. The van der Waals surface area contributed by atoms with Gasteiger partial charge in [0.2, 0.25) is 0 Å². The van der Waals surface area contributed by atoms with E-state index in [2.05, 4.69) is 36.4 Å². The molecule has 0 N–H and O–H groups in total.